The van der Waals surface area contributed by atoms with Gasteiger partial charge in [-0.1, -0.05) is 18.2 Å². The Bertz CT molecular complexity index is 423. The second-order valence-corrected chi connectivity index (χ2v) is 3.81. The quantitative estimate of drug-likeness (QED) is 0.613. The molecule has 0 saturated heterocycles. The Labute approximate surface area is 74.9 Å². The van der Waals surface area contributed by atoms with E-state index in [9.17, 15) is 5.11 Å². The first-order chi connectivity index (χ1) is 5.79. The summed E-state index contributed by atoms with van der Waals surface area (Å²) >= 11 is 1.57. The lowest BCUT2D eigenvalue weighted by molar-refractivity contribution is 0.479. The van der Waals surface area contributed by atoms with Gasteiger partial charge in [0.2, 0.25) is 21.6 Å². The summed E-state index contributed by atoms with van der Waals surface area (Å²) in [5.41, 5.74) is 0. The first-order valence-electron chi connectivity index (χ1n) is 3.78. The average molecular weight is 177 g/mol. The maximum absolute atomic E-state index is 9.67. The van der Waals surface area contributed by atoms with Crippen LogP contribution in [-0.4, -0.2) is 5.11 Å². The lowest BCUT2D eigenvalue weighted by Gasteiger charge is -1.94. The summed E-state index contributed by atoms with van der Waals surface area (Å²) in [5, 5.41) is 13.8. The van der Waals surface area contributed by atoms with Crippen molar-refractivity contribution >= 4 is 22.1 Å². The van der Waals surface area contributed by atoms with Crippen molar-refractivity contribution < 1.29 is 5.11 Å². The molecule has 0 aliphatic rings. The Hall–Kier alpha value is -1.15. The third-order valence-corrected chi connectivity index (χ3v) is 2.83. The van der Waals surface area contributed by atoms with Crippen molar-refractivity contribution in [2.45, 2.75) is 6.92 Å². The highest BCUT2D eigenvalue weighted by atomic mass is 32.1. The zero-order valence-electron chi connectivity index (χ0n) is 6.74. The van der Waals surface area contributed by atoms with Gasteiger partial charge in [0, 0.05) is 17.7 Å². The second-order valence-electron chi connectivity index (χ2n) is 2.73. The van der Waals surface area contributed by atoms with Gasteiger partial charge >= 0.3 is 0 Å². The summed E-state index contributed by atoms with van der Waals surface area (Å²) in [7, 11) is 0. The normalized spacial score (nSPS) is 10.4. The van der Waals surface area contributed by atoms with E-state index in [1.807, 2.05) is 31.2 Å². The van der Waals surface area contributed by atoms with Gasteiger partial charge in [0.1, 0.15) is 0 Å². The molecule has 0 aliphatic heterocycles. The largest absolute Gasteiger partial charge is 0.503 e. The average Bonchev–Trinajstić information content (AvgIpc) is 2.12. The summed E-state index contributed by atoms with van der Waals surface area (Å²) in [6.45, 7) is 1.92. The van der Waals surface area contributed by atoms with Crippen LogP contribution in [0, 0.1) is 6.92 Å². The van der Waals surface area contributed by atoms with Crippen LogP contribution in [-0.2, 0) is 0 Å². The topological polar surface area (TPSA) is 20.2 Å². The van der Waals surface area contributed by atoms with Crippen LogP contribution in [0.5, 0.6) is 5.75 Å². The monoisotopic (exact) mass is 177 g/mol. The van der Waals surface area contributed by atoms with Crippen LogP contribution in [0.3, 0.4) is 0 Å². The highest BCUT2D eigenvalue weighted by Crippen LogP contribution is 2.30. The summed E-state index contributed by atoms with van der Waals surface area (Å²) in [6, 6.07) is 7.85. The van der Waals surface area contributed by atoms with Crippen LogP contribution in [0.15, 0.2) is 29.6 Å². The lowest BCUT2D eigenvalue weighted by Crippen LogP contribution is -1.74. The Morgan fingerprint density at radius 3 is 2.83 bits per heavy atom. The molecule has 2 aromatic rings. The van der Waals surface area contributed by atoms with Gasteiger partial charge in [-0.3, -0.25) is 0 Å². The molecule has 0 atom stereocenters. The predicted octanol–water partition coefficient (Wildman–Crippen LogP) is 3.20. The minimum absolute atomic E-state index is 0.415. The number of benzene rings is 1. The smallest absolute Gasteiger partial charge is 0.246 e. The van der Waals surface area contributed by atoms with E-state index >= 15 is 0 Å². The zero-order chi connectivity index (χ0) is 8.55. The van der Waals surface area contributed by atoms with E-state index in [1.54, 1.807) is 11.3 Å². The summed E-state index contributed by atoms with van der Waals surface area (Å²) in [6.07, 6.45) is 0. The van der Waals surface area contributed by atoms with Gasteiger partial charge in [-0.2, -0.15) is 0 Å². The van der Waals surface area contributed by atoms with Crippen molar-refractivity contribution in [1.82, 2.24) is 0 Å². The molecule has 0 spiro atoms. The summed E-state index contributed by atoms with van der Waals surface area (Å²) in [5.74, 6) is 0.415. The molecular formula is C10H9OS+. The molecule has 0 aliphatic carbocycles. The highest BCUT2D eigenvalue weighted by Gasteiger charge is 2.10. The van der Waals surface area contributed by atoms with Crippen molar-refractivity contribution in [3.05, 3.63) is 34.5 Å². The molecule has 12 heavy (non-hydrogen) atoms. The molecule has 1 aromatic heterocycles. The number of fused-ring (bicyclic) bond motifs is 1. The summed E-state index contributed by atoms with van der Waals surface area (Å²) < 4.78 is 0. The Morgan fingerprint density at radius 1 is 1.25 bits per heavy atom. The van der Waals surface area contributed by atoms with E-state index in [0.717, 1.165) is 15.6 Å². The molecule has 2 heteroatoms. The van der Waals surface area contributed by atoms with Crippen LogP contribution >= 0.6 is 11.3 Å². The third kappa shape index (κ3) is 1.04. The van der Waals surface area contributed by atoms with E-state index in [0.29, 0.717) is 5.75 Å². The highest BCUT2D eigenvalue weighted by molar-refractivity contribution is 7.10. The molecule has 0 saturated carbocycles. The zero-order valence-corrected chi connectivity index (χ0v) is 7.56. The minimum Gasteiger partial charge on any atom is -0.503 e. The number of hydrogen-bond donors (Lipinski definition) is 1. The minimum atomic E-state index is 0.415. The van der Waals surface area contributed by atoms with E-state index in [4.69, 9.17) is 0 Å². The van der Waals surface area contributed by atoms with Crippen molar-refractivity contribution in [2.24, 2.45) is 0 Å². The third-order valence-electron chi connectivity index (χ3n) is 1.91. The van der Waals surface area contributed by atoms with Crippen LogP contribution in [0.1, 0.15) is 4.88 Å². The van der Waals surface area contributed by atoms with Crippen LogP contribution in [0.2, 0.25) is 0 Å². The number of aryl methyl sites for hydroxylation is 1. The fourth-order valence-electron chi connectivity index (χ4n) is 1.21. The van der Waals surface area contributed by atoms with Gasteiger partial charge < -0.3 is 5.11 Å². The van der Waals surface area contributed by atoms with Crippen molar-refractivity contribution in [2.75, 3.05) is 0 Å². The molecule has 0 fully saturated rings. The van der Waals surface area contributed by atoms with Crippen LogP contribution < -0.4 is 0 Å². The van der Waals surface area contributed by atoms with Gasteiger partial charge in [0.15, 0.2) is 5.75 Å². The standard InChI is InChI=1S/C10H8OS/c1-7-10(11)9-5-3-2-4-8(9)6-12-7/h2-6H,1H3/p+1. The maximum atomic E-state index is 9.67. The SMILES string of the molecule is Cc1[s+]cc2ccccc2c1O. The second kappa shape index (κ2) is 2.72. The molecule has 1 nitrogen and oxygen atoms in total. The molecular weight excluding hydrogens is 168 g/mol. The van der Waals surface area contributed by atoms with E-state index in [2.05, 4.69) is 5.38 Å². The van der Waals surface area contributed by atoms with Crippen LogP contribution in [0.25, 0.3) is 10.8 Å². The lowest BCUT2D eigenvalue weighted by atomic mass is 10.2. The molecule has 0 radical (unpaired) electrons. The summed E-state index contributed by atoms with van der Waals surface area (Å²) in [4.78, 5) is 0.966. The van der Waals surface area contributed by atoms with Gasteiger partial charge in [0.25, 0.3) is 0 Å². The van der Waals surface area contributed by atoms with Crippen molar-refractivity contribution in [3.8, 4) is 5.75 Å². The van der Waals surface area contributed by atoms with E-state index < -0.39 is 0 Å². The Kier molecular flexibility index (Phi) is 1.70. The molecule has 1 heterocycles. The van der Waals surface area contributed by atoms with Crippen molar-refractivity contribution in [3.63, 3.8) is 0 Å². The Balaban J connectivity index is 2.91. The molecule has 1 N–H and O–H groups in total. The molecule has 1 aromatic carbocycles. The molecule has 0 amide bonds. The van der Waals surface area contributed by atoms with Gasteiger partial charge in [-0.25, -0.2) is 0 Å². The van der Waals surface area contributed by atoms with Gasteiger partial charge in [-0.15, -0.1) is 0 Å². The fraction of sp³-hybridized carbons (Fsp3) is 0.100. The first kappa shape index (κ1) is 7.50. The maximum Gasteiger partial charge on any atom is 0.246 e. The van der Waals surface area contributed by atoms with E-state index in [1.165, 1.54) is 0 Å². The van der Waals surface area contributed by atoms with E-state index in [-0.39, 0.29) is 0 Å². The number of hydrogen-bond acceptors (Lipinski definition) is 1. The number of rotatable bonds is 0. The molecule has 2 rings (SSSR count). The molecule has 0 unspecified atom stereocenters. The number of aromatic hydroxyl groups is 1. The van der Waals surface area contributed by atoms with Crippen molar-refractivity contribution in [1.29, 1.82) is 0 Å². The Morgan fingerprint density at radius 2 is 2.00 bits per heavy atom. The fourth-order valence-corrected chi connectivity index (χ4v) is 1.94. The predicted molar refractivity (Wildman–Crippen MR) is 52.6 cm³/mol. The first-order valence-corrected chi connectivity index (χ1v) is 4.66. The molecule has 0 bridgehead atoms. The van der Waals surface area contributed by atoms with Crippen LogP contribution in [0.4, 0.5) is 0 Å². The van der Waals surface area contributed by atoms with Gasteiger partial charge in [0.05, 0.1) is 0 Å². The molecule has 60 valence electrons. The van der Waals surface area contributed by atoms with Gasteiger partial charge in [-0.05, 0) is 6.07 Å².